The van der Waals surface area contributed by atoms with Crippen LogP contribution in [-0.4, -0.2) is 40.1 Å². The zero-order valence-electron chi connectivity index (χ0n) is 15.0. The van der Waals surface area contributed by atoms with Crippen LogP contribution in [0.2, 0.25) is 0 Å². The molecule has 0 atom stereocenters. The highest BCUT2D eigenvalue weighted by molar-refractivity contribution is 14.0. The quantitative estimate of drug-likeness (QED) is 0.349. The lowest BCUT2D eigenvalue weighted by Gasteiger charge is -2.12. The van der Waals surface area contributed by atoms with Gasteiger partial charge in [0, 0.05) is 32.1 Å². The van der Waals surface area contributed by atoms with Crippen molar-refractivity contribution in [2.75, 3.05) is 13.2 Å². The minimum Gasteiger partial charge on any atom is -0.468 e. The summed E-state index contributed by atoms with van der Waals surface area (Å²) in [5, 5.41) is 10.4. The fourth-order valence-electron chi connectivity index (χ4n) is 2.04. The van der Waals surface area contributed by atoms with E-state index in [9.17, 15) is 13.2 Å². The number of hydrogen-bond donors (Lipinski definition) is 2. The summed E-state index contributed by atoms with van der Waals surface area (Å²) in [6.45, 7) is 2.05. The molecule has 2 rings (SSSR count). The van der Waals surface area contributed by atoms with Gasteiger partial charge in [0.1, 0.15) is 0 Å². The van der Waals surface area contributed by atoms with Crippen LogP contribution in [0.25, 0.3) is 0 Å². The highest BCUT2D eigenvalue weighted by Gasteiger charge is 2.28. The lowest BCUT2D eigenvalue weighted by Crippen LogP contribution is -2.37. The molecule has 0 aliphatic heterocycles. The summed E-state index contributed by atoms with van der Waals surface area (Å²) >= 11 is 0. The number of halogens is 4. The maximum Gasteiger partial charge on any atom is 0.422 e. The maximum atomic E-state index is 12.2. The van der Waals surface area contributed by atoms with Crippen LogP contribution in [0.15, 0.2) is 35.6 Å². The minimum atomic E-state index is -4.40. The van der Waals surface area contributed by atoms with Crippen LogP contribution in [0.1, 0.15) is 18.2 Å². The lowest BCUT2D eigenvalue weighted by molar-refractivity contribution is -0.154. The second kappa shape index (κ2) is 10.9. The third-order valence-corrected chi connectivity index (χ3v) is 3.31. The van der Waals surface area contributed by atoms with Gasteiger partial charge in [0.2, 0.25) is 5.88 Å². The number of rotatable bonds is 7. The van der Waals surface area contributed by atoms with E-state index in [0.717, 1.165) is 5.69 Å². The summed E-state index contributed by atoms with van der Waals surface area (Å²) < 4.78 is 43.0. The number of ether oxygens (including phenoxy) is 1. The molecule has 0 fully saturated rings. The molecule has 0 saturated carbocycles. The Balaban J connectivity index is 0.00000364. The van der Waals surface area contributed by atoms with Crippen LogP contribution in [0, 0.1) is 0 Å². The van der Waals surface area contributed by atoms with E-state index >= 15 is 0 Å². The Morgan fingerprint density at radius 2 is 2.04 bits per heavy atom. The van der Waals surface area contributed by atoms with Crippen molar-refractivity contribution in [3.05, 3.63) is 41.9 Å². The largest absolute Gasteiger partial charge is 0.468 e. The van der Waals surface area contributed by atoms with Crippen molar-refractivity contribution in [1.29, 1.82) is 0 Å². The molecule has 0 unspecified atom stereocenters. The smallest absolute Gasteiger partial charge is 0.422 e. The van der Waals surface area contributed by atoms with Gasteiger partial charge in [-0.3, -0.25) is 4.68 Å². The zero-order chi connectivity index (χ0) is 19.0. The van der Waals surface area contributed by atoms with Gasteiger partial charge in [-0.2, -0.15) is 18.3 Å². The minimum absolute atomic E-state index is 0. The molecular weight excluding hydrogens is 476 g/mol. The first-order chi connectivity index (χ1) is 12.4. The van der Waals surface area contributed by atoms with E-state index < -0.39 is 12.8 Å². The molecule has 27 heavy (non-hydrogen) atoms. The molecule has 0 aliphatic rings. The number of hydrogen-bond acceptors (Lipinski definition) is 4. The molecule has 0 bridgehead atoms. The molecule has 2 heterocycles. The summed E-state index contributed by atoms with van der Waals surface area (Å²) in [5.41, 5.74) is 1.68. The number of pyridine rings is 1. The molecule has 0 aromatic carbocycles. The first kappa shape index (κ1) is 23.0. The van der Waals surface area contributed by atoms with Crippen molar-refractivity contribution in [2.24, 2.45) is 12.0 Å². The van der Waals surface area contributed by atoms with Crippen LogP contribution >= 0.6 is 24.0 Å². The number of alkyl halides is 3. The number of guanidine groups is 1. The normalized spacial score (nSPS) is 11.7. The molecule has 11 heteroatoms. The van der Waals surface area contributed by atoms with Gasteiger partial charge in [-0.15, -0.1) is 24.0 Å². The van der Waals surface area contributed by atoms with E-state index in [-0.39, 0.29) is 36.4 Å². The molecule has 2 N–H and O–H groups in total. The number of nitrogens with zero attached hydrogens (tertiary/aromatic N) is 4. The first-order valence-corrected chi connectivity index (χ1v) is 8.01. The first-order valence-electron chi connectivity index (χ1n) is 8.01. The lowest BCUT2D eigenvalue weighted by atomic mass is 10.3. The summed E-state index contributed by atoms with van der Waals surface area (Å²) in [7, 11) is 1.85. The summed E-state index contributed by atoms with van der Waals surface area (Å²) in [6, 6.07) is 5.01. The van der Waals surface area contributed by atoms with Gasteiger partial charge in [0.15, 0.2) is 12.6 Å². The average Bonchev–Trinajstić information content (AvgIpc) is 3.00. The van der Waals surface area contributed by atoms with Gasteiger partial charge in [-0.1, -0.05) is 0 Å². The van der Waals surface area contributed by atoms with Crippen LogP contribution in [0.5, 0.6) is 5.88 Å². The predicted octanol–water partition coefficient (Wildman–Crippen LogP) is 2.63. The molecule has 0 saturated heterocycles. The van der Waals surface area contributed by atoms with Gasteiger partial charge in [-0.05, 0) is 24.6 Å². The SMILES string of the molecule is CCNC(=NCc1ccnc(OCC(F)(F)F)c1)NCc1ccnn1C.I. The number of aryl methyl sites for hydroxylation is 1. The Kier molecular flexibility index (Phi) is 9.32. The Morgan fingerprint density at radius 1 is 1.26 bits per heavy atom. The topological polar surface area (TPSA) is 76.4 Å². The molecule has 0 amide bonds. The fourth-order valence-corrected chi connectivity index (χ4v) is 2.04. The van der Waals surface area contributed by atoms with Gasteiger partial charge < -0.3 is 15.4 Å². The third kappa shape index (κ3) is 8.45. The average molecular weight is 498 g/mol. The van der Waals surface area contributed by atoms with Crippen molar-refractivity contribution in [2.45, 2.75) is 26.2 Å². The van der Waals surface area contributed by atoms with Crippen molar-refractivity contribution in [1.82, 2.24) is 25.4 Å². The summed E-state index contributed by atoms with van der Waals surface area (Å²) in [5.74, 6) is 0.506. The predicted molar refractivity (Wildman–Crippen MR) is 106 cm³/mol. The van der Waals surface area contributed by atoms with Crippen LogP contribution in [0.3, 0.4) is 0 Å². The van der Waals surface area contributed by atoms with E-state index in [1.165, 1.54) is 12.3 Å². The van der Waals surface area contributed by atoms with Gasteiger partial charge in [0.25, 0.3) is 0 Å². The zero-order valence-corrected chi connectivity index (χ0v) is 17.3. The number of nitrogens with one attached hydrogen (secondary N) is 2. The third-order valence-electron chi connectivity index (χ3n) is 3.31. The van der Waals surface area contributed by atoms with E-state index in [1.807, 2.05) is 20.0 Å². The monoisotopic (exact) mass is 498 g/mol. The molecule has 0 radical (unpaired) electrons. The van der Waals surface area contributed by atoms with E-state index in [2.05, 4.69) is 30.4 Å². The molecule has 150 valence electrons. The van der Waals surface area contributed by atoms with Crippen molar-refractivity contribution >= 4 is 29.9 Å². The second-order valence-electron chi connectivity index (χ2n) is 5.40. The summed E-state index contributed by atoms with van der Waals surface area (Å²) in [4.78, 5) is 8.20. The van der Waals surface area contributed by atoms with Gasteiger partial charge in [0.05, 0.1) is 18.8 Å². The second-order valence-corrected chi connectivity index (χ2v) is 5.40. The Hall–Kier alpha value is -2.05. The highest BCUT2D eigenvalue weighted by Crippen LogP contribution is 2.17. The van der Waals surface area contributed by atoms with Crippen molar-refractivity contribution < 1.29 is 17.9 Å². The number of aromatic nitrogens is 3. The fraction of sp³-hybridized carbons (Fsp3) is 0.438. The molecule has 0 aliphatic carbocycles. The van der Waals surface area contributed by atoms with Crippen LogP contribution < -0.4 is 15.4 Å². The van der Waals surface area contributed by atoms with Crippen molar-refractivity contribution in [3.8, 4) is 5.88 Å². The molecule has 2 aromatic heterocycles. The highest BCUT2D eigenvalue weighted by atomic mass is 127. The molecular formula is C16H22F3IN6O. The molecule has 7 nitrogen and oxygen atoms in total. The Bertz CT molecular complexity index is 735. The Morgan fingerprint density at radius 3 is 2.67 bits per heavy atom. The van der Waals surface area contributed by atoms with Gasteiger partial charge in [-0.25, -0.2) is 9.98 Å². The van der Waals surface area contributed by atoms with Gasteiger partial charge >= 0.3 is 6.18 Å². The standard InChI is InChI=1S/C16H21F3N6O.HI/c1-3-20-15(23-10-13-5-7-24-25(13)2)22-9-12-4-6-21-14(8-12)26-11-16(17,18)19;/h4-8H,3,9-11H2,1-2H3,(H2,20,22,23);1H. The van der Waals surface area contributed by atoms with Crippen LogP contribution in [-0.2, 0) is 20.1 Å². The Labute approximate surface area is 172 Å². The van der Waals surface area contributed by atoms with Crippen LogP contribution in [0.4, 0.5) is 13.2 Å². The number of aliphatic imine (C=N–C) groups is 1. The maximum absolute atomic E-state index is 12.2. The molecule has 2 aromatic rings. The van der Waals surface area contributed by atoms with E-state index in [1.54, 1.807) is 16.9 Å². The molecule has 0 spiro atoms. The van der Waals surface area contributed by atoms with E-state index in [0.29, 0.717) is 24.6 Å². The van der Waals surface area contributed by atoms with E-state index in [4.69, 9.17) is 0 Å². The van der Waals surface area contributed by atoms with Crippen molar-refractivity contribution in [3.63, 3.8) is 0 Å². The summed E-state index contributed by atoms with van der Waals surface area (Å²) in [6.07, 6.45) is -1.29.